The molecule has 1 fully saturated rings. The molecule has 1 heteroatoms. The molecule has 0 aromatic rings. The first-order chi connectivity index (χ1) is 7.02. The number of ether oxygens (including phenoxy) is 1. The Bertz CT molecular complexity index is 231. The smallest absolute Gasteiger partial charge is 0.0620 e. The zero-order valence-corrected chi connectivity index (χ0v) is 12.4. The molecule has 0 spiro atoms. The van der Waals surface area contributed by atoms with Crippen molar-refractivity contribution in [1.29, 1.82) is 0 Å². The Balaban J connectivity index is 2.84. The van der Waals surface area contributed by atoms with Gasteiger partial charge in [0.15, 0.2) is 0 Å². The predicted octanol–water partition coefficient (Wildman–Crippen LogP) is 4.51. The van der Waals surface area contributed by atoms with Crippen LogP contribution in [0.4, 0.5) is 0 Å². The minimum absolute atomic E-state index is 0.347. The lowest BCUT2D eigenvalue weighted by Gasteiger charge is -2.36. The molecule has 1 unspecified atom stereocenters. The maximum atomic E-state index is 6.19. The van der Waals surface area contributed by atoms with Crippen LogP contribution in [0.3, 0.4) is 0 Å². The van der Waals surface area contributed by atoms with Crippen molar-refractivity contribution < 1.29 is 4.74 Å². The first-order valence-electron chi connectivity index (χ1n) is 6.68. The molecule has 0 radical (unpaired) electrons. The van der Waals surface area contributed by atoms with Gasteiger partial charge in [0, 0.05) is 0 Å². The summed E-state index contributed by atoms with van der Waals surface area (Å²) in [6.07, 6.45) is 2.02. The summed E-state index contributed by atoms with van der Waals surface area (Å²) >= 11 is 0. The fourth-order valence-corrected chi connectivity index (χ4v) is 3.24. The Hall–Kier alpha value is -0.0400. The van der Waals surface area contributed by atoms with E-state index in [2.05, 4.69) is 55.4 Å². The quantitative estimate of drug-likeness (QED) is 0.639. The molecule has 0 saturated carbocycles. The molecule has 0 aromatic carbocycles. The van der Waals surface area contributed by atoms with Gasteiger partial charge >= 0.3 is 0 Å². The molecule has 1 aliphatic rings. The van der Waals surface area contributed by atoms with Crippen molar-refractivity contribution in [3.05, 3.63) is 0 Å². The van der Waals surface area contributed by atoms with Gasteiger partial charge in [0.05, 0.1) is 12.2 Å². The van der Waals surface area contributed by atoms with E-state index < -0.39 is 0 Å². The van der Waals surface area contributed by atoms with E-state index >= 15 is 0 Å². The van der Waals surface area contributed by atoms with E-state index in [-0.39, 0.29) is 0 Å². The Morgan fingerprint density at radius 3 is 1.81 bits per heavy atom. The summed E-state index contributed by atoms with van der Waals surface area (Å²) in [4.78, 5) is 0. The molecule has 1 aliphatic heterocycles. The SMILES string of the molecule is CC1[C@H](C)O[C@H](CC(C)(C)C)[C@@H]1C(C)(C)C. The van der Waals surface area contributed by atoms with Crippen LogP contribution in [0.25, 0.3) is 0 Å². The molecule has 1 saturated heterocycles. The van der Waals surface area contributed by atoms with E-state index in [1.54, 1.807) is 0 Å². The Labute approximate surface area is 102 Å². The van der Waals surface area contributed by atoms with E-state index in [1.165, 1.54) is 6.42 Å². The predicted molar refractivity (Wildman–Crippen MR) is 70.5 cm³/mol. The summed E-state index contributed by atoms with van der Waals surface area (Å²) in [5.74, 6) is 1.36. The first-order valence-corrected chi connectivity index (χ1v) is 6.68. The summed E-state index contributed by atoms with van der Waals surface area (Å²) in [6, 6.07) is 0. The highest BCUT2D eigenvalue weighted by Crippen LogP contribution is 2.46. The Morgan fingerprint density at radius 2 is 1.44 bits per heavy atom. The Morgan fingerprint density at radius 1 is 0.938 bits per heavy atom. The molecule has 96 valence electrons. The Kier molecular flexibility index (Phi) is 3.79. The van der Waals surface area contributed by atoms with E-state index in [9.17, 15) is 0 Å². The highest BCUT2D eigenvalue weighted by Gasteiger charge is 2.46. The van der Waals surface area contributed by atoms with Crippen molar-refractivity contribution in [3.63, 3.8) is 0 Å². The maximum Gasteiger partial charge on any atom is 0.0620 e. The highest BCUT2D eigenvalue weighted by atomic mass is 16.5. The molecular formula is C15H30O. The summed E-state index contributed by atoms with van der Waals surface area (Å²) in [6.45, 7) is 18.6. The zero-order valence-electron chi connectivity index (χ0n) is 12.4. The summed E-state index contributed by atoms with van der Waals surface area (Å²) in [5.41, 5.74) is 0.706. The van der Waals surface area contributed by atoms with Crippen molar-refractivity contribution in [1.82, 2.24) is 0 Å². The van der Waals surface area contributed by atoms with Crippen LogP contribution < -0.4 is 0 Å². The van der Waals surface area contributed by atoms with Gasteiger partial charge in [-0.2, -0.15) is 0 Å². The fourth-order valence-electron chi connectivity index (χ4n) is 3.24. The van der Waals surface area contributed by atoms with Crippen LogP contribution in [0.1, 0.15) is 61.8 Å². The van der Waals surface area contributed by atoms with Crippen LogP contribution in [0.2, 0.25) is 0 Å². The third-order valence-electron chi connectivity index (χ3n) is 3.91. The van der Waals surface area contributed by atoms with Crippen LogP contribution >= 0.6 is 0 Å². The summed E-state index contributed by atoms with van der Waals surface area (Å²) in [5, 5.41) is 0. The second-order valence-corrected chi connectivity index (χ2v) is 7.90. The fraction of sp³-hybridized carbons (Fsp3) is 1.00. The van der Waals surface area contributed by atoms with Gasteiger partial charge in [0.25, 0.3) is 0 Å². The van der Waals surface area contributed by atoms with Crippen LogP contribution in [0.5, 0.6) is 0 Å². The lowest BCUT2D eigenvalue weighted by atomic mass is 9.68. The monoisotopic (exact) mass is 226 g/mol. The first kappa shape index (κ1) is 14.0. The molecule has 0 N–H and O–H groups in total. The van der Waals surface area contributed by atoms with E-state index in [1.807, 2.05) is 0 Å². The highest BCUT2D eigenvalue weighted by molar-refractivity contribution is 4.94. The van der Waals surface area contributed by atoms with E-state index in [0.29, 0.717) is 34.9 Å². The van der Waals surface area contributed by atoms with Gasteiger partial charge in [-0.15, -0.1) is 0 Å². The molecule has 1 nitrogen and oxygen atoms in total. The van der Waals surface area contributed by atoms with E-state index in [4.69, 9.17) is 4.74 Å². The van der Waals surface area contributed by atoms with Gasteiger partial charge < -0.3 is 4.74 Å². The number of hydrogen-bond acceptors (Lipinski definition) is 1. The lowest BCUT2D eigenvalue weighted by molar-refractivity contribution is 0.000967. The van der Waals surface area contributed by atoms with Crippen molar-refractivity contribution >= 4 is 0 Å². The largest absolute Gasteiger partial charge is 0.375 e. The maximum absolute atomic E-state index is 6.19. The van der Waals surface area contributed by atoms with Gasteiger partial charge in [-0.3, -0.25) is 0 Å². The van der Waals surface area contributed by atoms with Gasteiger partial charge in [0.1, 0.15) is 0 Å². The van der Waals surface area contributed by atoms with Gasteiger partial charge in [-0.1, -0.05) is 48.5 Å². The van der Waals surface area contributed by atoms with Crippen LogP contribution in [0.15, 0.2) is 0 Å². The average Bonchev–Trinajstić information content (AvgIpc) is 2.21. The van der Waals surface area contributed by atoms with Gasteiger partial charge in [-0.05, 0) is 36.0 Å². The van der Waals surface area contributed by atoms with Crippen LogP contribution in [0, 0.1) is 22.7 Å². The molecule has 0 aromatic heterocycles. The zero-order chi connectivity index (χ0) is 12.7. The number of rotatable bonds is 1. The minimum atomic E-state index is 0.347. The number of hydrogen-bond donors (Lipinski definition) is 0. The molecule has 0 aliphatic carbocycles. The van der Waals surface area contributed by atoms with E-state index in [0.717, 1.165) is 0 Å². The standard InChI is InChI=1S/C15H30O/c1-10-11(2)16-12(9-14(3,4)5)13(10)15(6,7)8/h10-13H,9H2,1-8H3/t10?,11-,12+,13+/m0/s1. The van der Waals surface area contributed by atoms with Crippen molar-refractivity contribution in [3.8, 4) is 0 Å². The van der Waals surface area contributed by atoms with Crippen LogP contribution in [-0.2, 0) is 4.74 Å². The third kappa shape index (κ3) is 3.23. The lowest BCUT2D eigenvalue weighted by Crippen LogP contribution is -2.34. The summed E-state index contributed by atoms with van der Waals surface area (Å²) in [7, 11) is 0. The summed E-state index contributed by atoms with van der Waals surface area (Å²) < 4.78 is 6.19. The molecule has 16 heavy (non-hydrogen) atoms. The van der Waals surface area contributed by atoms with Gasteiger partial charge in [0.2, 0.25) is 0 Å². The molecule has 1 heterocycles. The molecule has 4 atom stereocenters. The minimum Gasteiger partial charge on any atom is -0.375 e. The molecular weight excluding hydrogens is 196 g/mol. The molecule has 0 bridgehead atoms. The molecule has 0 amide bonds. The third-order valence-corrected chi connectivity index (χ3v) is 3.91. The molecule has 1 rings (SSSR count). The second kappa shape index (κ2) is 4.33. The van der Waals surface area contributed by atoms with Crippen molar-refractivity contribution in [2.45, 2.75) is 74.0 Å². The topological polar surface area (TPSA) is 9.23 Å². The average molecular weight is 226 g/mol. The van der Waals surface area contributed by atoms with Crippen molar-refractivity contribution in [2.24, 2.45) is 22.7 Å². The van der Waals surface area contributed by atoms with Gasteiger partial charge in [-0.25, -0.2) is 0 Å². The second-order valence-electron chi connectivity index (χ2n) is 7.90. The van der Waals surface area contributed by atoms with Crippen LogP contribution in [-0.4, -0.2) is 12.2 Å². The normalized spacial score (nSPS) is 36.8. The van der Waals surface area contributed by atoms with Crippen molar-refractivity contribution in [2.75, 3.05) is 0 Å².